The van der Waals surface area contributed by atoms with Gasteiger partial charge in [-0.25, -0.2) is 4.68 Å². The molecule has 0 spiro atoms. The highest BCUT2D eigenvalue weighted by molar-refractivity contribution is 8.00. The quantitative estimate of drug-likeness (QED) is 0.376. The van der Waals surface area contributed by atoms with Gasteiger partial charge in [-0.1, -0.05) is 32.0 Å². The monoisotopic (exact) mass is 315 g/mol. The summed E-state index contributed by atoms with van der Waals surface area (Å²) in [5, 5.41) is 15.4. The predicted octanol–water partition coefficient (Wildman–Crippen LogP) is 1.50. The van der Waals surface area contributed by atoms with E-state index in [-0.39, 0.29) is 11.2 Å². The van der Waals surface area contributed by atoms with Gasteiger partial charge in [0, 0.05) is 6.54 Å². The summed E-state index contributed by atoms with van der Waals surface area (Å²) >= 11 is 1.38. The molecule has 7 nitrogen and oxygen atoms in total. The smallest absolute Gasteiger partial charge is 0.319 e. The maximum absolute atomic E-state index is 11.9. The zero-order valence-electron chi connectivity index (χ0n) is 13.0. The molecule has 120 valence electrons. The summed E-state index contributed by atoms with van der Waals surface area (Å²) in [5.74, 6) is -0.192. The summed E-state index contributed by atoms with van der Waals surface area (Å²) in [4.78, 5) is 11.9. The first kappa shape index (κ1) is 17.9. The third-order valence-corrected chi connectivity index (χ3v) is 3.99. The van der Waals surface area contributed by atoms with Gasteiger partial charge in [-0.15, -0.1) is 5.10 Å². The lowest BCUT2D eigenvalue weighted by Crippen LogP contribution is -2.23. The van der Waals surface area contributed by atoms with Crippen molar-refractivity contribution < 1.29 is 9.53 Å². The molecule has 0 fully saturated rings. The molecule has 0 amide bonds. The topological polar surface area (TPSA) is 81.9 Å². The van der Waals surface area contributed by atoms with Gasteiger partial charge in [0.25, 0.3) is 0 Å². The Morgan fingerprint density at radius 2 is 2.14 bits per heavy atom. The van der Waals surface area contributed by atoms with E-state index in [1.54, 1.807) is 4.68 Å². The molecule has 0 radical (unpaired) electrons. The van der Waals surface area contributed by atoms with Gasteiger partial charge in [0.1, 0.15) is 5.25 Å². The van der Waals surface area contributed by atoms with Crippen LogP contribution in [-0.4, -0.2) is 51.1 Å². The Bertz CT molecular complexity index is 413. The summed E-state index contributed by atoms with van der Waals surface area (Å²) in [6, 6.07) is 0. The molecule has 0 aliphatic heterocycles. The molecule has 1 N–H and O–H groups in total. The lowest BCUT2D eigenvalue weighted by molar-refractivity contribution is -0.142. The average Bonchev–Trinajstić information content (AvgIpc) is 2.91. The second-order valence-corrected chi connectivity index (χ2v) is 5.75. The molecule has 0 aliphatic carbocycles. The van der Waals surface area contributed by atoms with Crippen LogP contribution in [0.5, 0.6) is 0 Å². The van der Waals surface area contributed by atoms with Crippen LogP contribution in [0.1, 0.15) is 40.0 Å². The van der Waals surface area contributed by atoms with Gasteiger partial charge < -0.3 is 10.1 Å². The van der Waals surface area contributed by atoms with E-state index in [2.05, 4.69) is 27.8 Å². The molecule has 0 aliphatic rings. The lowest BCUT2D eigenvalue weighted by atomic mass is 10.2. The molecule has 0 saturated heterocycles. The van der Waals surface area contributed by atoms with Crippen LogP contribution in [0.2, 0.25) is 0 Å². The van der Waals surface area contributed by atoms with E-state index in [1.165, 1.54) is 11.8 Å². The highest BCUT2D eigenvalue weighted by Crippen LogP contribution is 2.25. The molecule has 0 saturated carbocycles. The number of aromatic nitrogens is 4. The zero-order valence-corrected chi connectivity index (χ0v) is 13.9. The van der Waals surface area contributed by atoms with Crippen LogP contribution in [0.15, 0.2) is 5.16 Å². The number of thioether (sulfide) groups is 1. The van der Waals surface area contributed by atoms with E-state index in [0.717, 1.165) is 32.4 Å². The zero-order chi connectivity index (χ0) is 15.5. The van der Waals surface area contributed by atoms with Gasteiger partial charge in [-0.05, 0) is 36.7 Å². The van der Waals surface area contributed by atoms with Crippen molar-refractivity contribution in [3.05, 3.63) is 0 Å². The van der Waals surface area contributed by atoms with Gasteiger partial charge in [0.05, 0.1) is 13.2 Å². The van der Waals surface area contributed by atoms with Crippen LogP contribution in [-0.2, 0) is 16.1 Å². The third-order valence-electron chi connectivity index (χ3n) is 2.77. The molecule has 1 atom stereocenters. The van der Waals surface area contributed by atoms with Crippen LogP contribution in [0.25, 0.3) is 0 Å². The standard InChI is InChI=1S/C13H25N5O2S/c1-4-7-11(12(19)20-6-3)21-13-15-16-17-18(13)10-9-14-8-5-2/h11,14H,4-10H2,1-3H3. The van der Waals surface area contributed by atoms with Crippen molar-refractivity contribution in [2.24, 2.45) is 0 Å². The number of carbonyl (C=O) groups excluding carboxylic acids is 1. The lowest BCUT2D eigenvalue weighted by Gasteiger charge is -2.13. The van der Waals surface area contributed by atoms with Gasteiger partial charge in [-0.3, -0.25) is 4.79 Å². The third kappa shape index (κ3) is 6.43. The summed E-state index contributed by atoms with van der Waals surface area (Å²) in [6.07, 6.45) is 2.76. The summed E-state index contributed by atoms with van der Waals surface area (Å²) in [7, 11) is 0. The molecule has 1 unspecified atom stereocenters. The Balaban J connectivity index is 2.58. The SMILES string of the molecule is CCCNCCn1nnnc1SC(CCC)C(=O)OCC. The number of carbonyl (C=O) groups is 1. The van der Waals surface area contributed by atoms with Gasteiger partial charge in [-0.2, -0.15) is 0 Å². The van der Waals surface area contributed by atoms with Crippen LogP contribution in [0.4, 0.5) is 0 Å². The van der Waals surface area contributed by atoms with Crippen LogP contribution >= 0.6 is 11.8 Å². The number of nitrogens with one attached hydrogen (secondary N) is 1. The van der Waals surface area contributed by atoms with E-state index in [1.807, 2.05) is 13.8 Å². The van der Waals surface area contributed by atoms with Gasteiger partial charge >= 0.3 is 5.97 Å². The second-order valence-electron chi connectivity index (χ2n) is 4.58. The fraction of sp³-hybridized carbons (Fsp3) is 0.846. The average molecular weight is 315 g/mol. The van der Waals surface area contributed by atoms with Crippen molar-refractivity contribution in [3.8, 4) is 0 Å². The predicted molar refractivity (Wildman–Crippen MR) is 82.2 cm³/mol. The van der Waals surface area contributed by atoms with Crippen molar-refractivity contribution in [1.82, 2.24) is 25.5 Å². The van der Waals surface area contributed by atoms with Gasteiger partial charge in [0.2, 0.25) is 5.16 Å². The van der Waals surface area contributed by atoms with Crippen LogP contribution in [0.3, 0.4) is 0 Å². The summed E-state index contributed by atoms with van der Waals surface area (Å²) in [6.45, 7) is 8.86. The molecule has 1 rings (SSSR count). The van der Waals surface area contributed by atoms with E-state index in [4.69, 9.17) is 4.74 Å². The maximum atomic E-state index is 11.9. The fourth-order valence-corrected chi connectivity index (χ4v) is 2.86. The van der Waals surface area contributed by atoms with E-state index in [9.17, 15) is 4.79 Å². The number of ether oxygens (including phenoxy) is 1. The molecule has 1 aromatic heterocycles. The largest absolute Gasteiger partial charge is 0.465 e. The van der Waals surface area contributed by atoms with Crippen molar-refractivity contribution in [1.29, 1.82) is 0 Å². The van der Waals surface area contributed by atoms with Crippen molar-refractivity contribution in [2.75, 3.05) is 19.7 Å². The Hall–Kier alpha value is -1.15. The first-order valence-corrected chi connectivity index (χ1v) is 8.41. The molecule has 1 heterocycles. The first-order chi connectivity index (χ1) is 10.2. The Morgan fingerprint density at radius 1 is 1.33 bits per heavy atom. The Morgan fingerprint density at radius 3 is 2.81 bits per heavy atom. The molecule has 0 aromatic carbocycles. The van der Waals surface area contributed by atoms with Crippen molar-refractivity contribution >= 4 is 17.7 Å². The highest BCUT2D eigenvalue weighted by atomic mass is 32.2. The minimum absolute atomic E-state index is 0.192. The molecule has 21 heavy (non-hydrogen) atoms. The number of rotatable bonds is 11. The van der Waals surface area contributed by atoms with Gasteiger partial charge in [0.15, 0.2) is 0 Å². The highest BCUT2D eigenvalue weighted by Gasteiger charge is 2.23. The summed E-state index contributed by atoms with van der Waals surface area (Å²) in [5.41, 5.74) is 0. The molecular weight excluding hydrogens is 290 g/mol. The molecule has 1 aromatic rings. The maximum Gasteiger partial charge on any atom is 0.319 e. The second kappa shape index (κ2) is 10.6. The van der Waals surface area contributed by atoms with E-state index >= 15 is 0 Å². The number of hydrogen-bond acceptors (Lipinski definition) is 7. The van der Waals surface area contributed by atoms with E-state index < -0.39 is 0 Å². The normalized spacial score (nSPS) is 12.3. The molecule has 8 heteroatoms. The number of tetrazole rings is 1. The van der Waals surface area contributed by atoms with Crippen LogP contribution < -0.4 is 5.32 Å². The number of nitrogens with zero attached hydrogens (tertiary/aromatic N) is 4. The minimum atomic E-state index is -0.247. The van der Waals surface area contributed by atoms with E-state index in [0.29, 0.717) is 18.3 Å². The number of esters is 1. The number of hydrogen-bond donors (Lipinski definition) is 1. The van der Waals surface area contributed by atoms with Crippen molar-refractivity contribution in [3.63, 3.8) is 0 Å². The first-order valence-electron chi connectivity index (χ1n) is 7.53. The van der Waals surface area contributed by atoms with Crippen LogP contribution in [0, 0.1) is 0 Å². The fourth-order valence-electron chi connectivity index (χ4n) is 1.76. The molecule has 0 bridgehead atoms. The summed E-state index contributed by atoms with van der Waals surface area (Å²) < 4.78 is 6.84. The Kier molecular flexibility index (Phi) is 9.00. The Labute approximate surface area is 130 Å². The van der Waals surface area contributed by atoms with Crippen molar-refractivity contribution in [2.45, 2.75) is 57.0 Å². The minimum Gasteiger partial charge on any atom is -0.465 e. The molecular formula is C13H25N5O2S.